The molecule has 0 aromatic carbocycles. The van der Waals surface area contributed by atoms with E-state index in [4.69, 9.17) is 9.52 Å². The van der Waals surface area contributed by atoms with Gasteiger partial charge in [-0.15, -0.1) is 21.5 Å². The van der Waals surface area contributed by atoms with Crippen molar-refractivity contribution in [2.45, 2.75) is 24.5 Å². The molecule has 2 aromatic rings. The van der Waals surface area contributed by atoms with E-state index in [0.717, 1.165) is 29.9 Å². The SMILES string of the molecule is OCCCCCSc1nnc(-c2cccs2)o1. The minimum atomic E-state index is 0.272. The van der Waals surface area contributed by atoms with Crippen LogP contribution in [0.25, 0.3) is 10.8 Å². The lowest BCUT2D eigenvalue weighted by Crippen LogP contribution is -1.85. The second kappa shape index (κ2) is 6.78. The molecule has 0 aliphatic rings. The third-order valence-electron chi connectivity index (χ3n) is 2.17. The van der Waals surface area contributed by atoms with Crippen molar-refractivity contribution in [2.24, 2.45) is 0 Å². The first-order chi connectivity index (χ1) is 8.40. The zero-order valence-electron chi connectivity index (χ0n) is 9.33. The van der Waals surface area contributed by atoms with Gasteiger partial charge in [0.05, 0.1) is 4.88 Å². The highest BCUT2D eigenvalue weighted by atomic mass is 32.2. The van der Waals surface area contributed by atoms with Crippen LogP contribution in [0, 0.1) is 0 Å². The lowest BCUT2D eigenvalue weighted by molar-refractivity contribution is 0.284. The summed E-state index contributed by atoms with van der Waals surface area (Å²) < 4.78 is 5.54. The molecule has 0 atom stereocenters. The quantitative estimate of drug-likeness (QED) is 0.619. The van der Waals surface area contributed by atoms with Gasteiger partial charge in [0.25, 0.3) is 11.1 Å². The smallest absolute Gasteiger partial charge is 0.276 e. The Hall–Kier alpha value is -0.850. The number of thiophene rings is 1. The molecule has 0 aliphatic carbocycles. The standard InChI is InChI=1S/C11H14N2O2S2/c14-6-2-1-3-7-17-11-13-12-10(15-11)9-5-4-8-16-9/h4-5,8,14H,1-3,6-7H2. The van der Waals surface area contributed by atoms with Crippen molar-refractivity contribution in [3.63, 3.8) is 0 Å². The lowest BCUT2D eigenvalue weighted by atomic mass is 10.3. The second-order valence-electron chi connectivity index (χ2n) is 3.48. The lowest BCUT2D eigenvalue weighted by Gasteiger charge is -1.95. The van der Waals surface area contributed by atoms with Crippen LogP contribution in [-0.2, 0) is 0 Å². The largest absolute Gasteiger partial charge is 0.410 e. The molecule has 0 unspecified atom stereocenters. The van der Waals surface area contributed by atoms with Crippen LogP contribution in [0.5, 0.6) is 0 Å². The van der Waals surface area contributed by atoms with Crippen molar-refractivity contribution in [3.8, 4) is 10.8 Å². The van der Waals surface area contributed by atoms with Gasteiger partial charge >= 0.3 is 0 Å². The van der Waals surface area contributed by atoms with Crippen molar-refractivity contribution in [3.05, 3.63) is 17.5 Å². The van der Waals surface area contributed by atoms with E-state index in [-0.39, 0.29) is 6.61 Å². The van der Waals surface area contributed by atoms with Crippen LogP contribution in [0.4, 0.5) is 0 Å². The number of aliphatic hydroxyl groups is 1. The number of aromatic nitrogens is 2. The molecular formula is C11H14N2O2S2. The summed E-state index contributed by atoms with van der Waals surface area (Å²) >= 11 is 3.16. The number of nitrogens with zero attached hydrogens (tertiary/aromatic N) is 2. The van der Waals surface area contributed by atoms with Crippen LogP contribution in [0.3, 0.4) is 0 Å². The second-order valence-corrected chi connectivity index (χ2v) is 5.48. The van der Waals surface area contributed by atoms with Crippen molar-refractivity contribution in [2.75, 3.05) is 12.4 Å². The van der Waals surface area contributed by atoms with Gasteiger partial charge in [0, 0.05) is 12.4 Å². The summed E-state index contributed by atoms with van der Waals surface area (Å²) in [6.07, 6.45) is 2.96. The first-order valence-corrected chi connectivity index (χ1v) is 7.37. The van der Waals surface area contributed by atoms with Crippen LogP contribution >= 0.6 is 23.1 Å². The van der Waals surface area contributed by atoms with E-state index < -0.39 is 0 Å². The number of rotatable bonds is 7. The molecule has 2 rings (SSSR count). The van der Waals surface area contributed by atoms with Crippen molar-refractivity contribution >= 4 is 23.1 Å². The Morgan fingerprint density at radius 3 is 3.00 bits per heavy atom. The highest BCUT2D eigenvalue weighted by molar-refractivity contribution is 7.99. The Bertz CT molecular complexity index is 428. The summed E-state index contributed by atoms with van der Waals surface area (Å²) in [5, 5.41) is 19.3. The maximum atomic E-state index is 8.65. The topological polar surface area (TPSA) is 59.2 Å². The van der Waals surface area contributed by atoms with Gasteiger partial charge in [-0.3, -0.25) is 0 Å². The summed E-state index contributed by atoms with van der Waals surface area (Å²) in [5.41, 5.74) is 0. The van der Waals surface area contributed by atoms with Crippen LogP contribution in [0.1, 0.15) is 19.3 Å². The van der Waals surface area contributed by atoms with E-state index in [1.807, 2.05) is 17.5 Å². The van der Waals surface area contributed by atoms with E-state index in [1.165, 1.54) is 0 Å². The van der Waals surface area contributed by atoms with Gasteiger partial charge in [-0.05, 0) is 24.3 Å². The Labute approximate surface area is 108 Å². The molecule has 2 aromatic heterocycles. The van der Waals surface area contributed by atoms with Crippen molar-refractivity contribution in [1.29, 1.82) is 0 Å². The molecule has 17 heavy (non-hydrogen) atoms. The van der Waals surface area contributed by atoms with Gasteiger partial charge in [0.15, 0.2) is 0 Å². The number of thioether (sulfide) groups is 1. The Kier molecular flexibility index (Phi) is 5.03. The van der Waals surface area contributed by atoms with E-state index in [0.29, 0.717) is 11.1 Å². The molecule has 6 heteroatoms. The maximum absolute atomic E-state index is 8.65. The molecule has 0 amide bonds. The van der Waals surface area contributed by atoms with Crippen LogP contribution in [0.2, 0.25) is 0 Å². The first-order valence-electron chi connectivity index (χ1n) is 5.51. The summed E-state index contributed by atoms with van der Waals surface area (Å²) in [5.74, 6) is 1.55. The predicted octanol–water partition coefficient (Wildman–Crippen LogP) is 3.05. The summed E-state index contributed by atoms with van der Waals surface area (Å²) in [7, 11) is 0. The molecule has 0 radical (unpaired) electrons. The molecule has 92 valence electrons. The molecule has 0 fully saturated rings. The molecule has 0 saturated carbocycles. The number of unbranched alkanes of at least 4 members (excludes halogenated alkanes) is 2. The van der Waals surface area contributed by atoms with Crippen LogP contribution in [-0.4, -0.2) is 27.7 Å². The molecule has 4 nitrogen and oxygen atoms in total. The predicted molar refractivity (Wildman–Crippen MR) is 69.3 cm³/mol. The Balaban J connectivity index is 1.79. The third kappa shape index (κ3) is 3.83. The normalized spacial score (nSPS) is 10.9. The molecule has 0 bridgehead atoms. The number of hydrogen-bond acceptors (Lipinski definition) is 6. The molecule has 0 spiro atoms. The average molecular weight is 270 g/mol. The van der Waals surface area contributed by atoms with Gasteiger partial charge in [-0.1, -0.05) is 24.2 Å². The van der Waals surface area contributed by atoms with Crippen LogP contribution in [0.15, 0.2) is 27.2 Å². The highest BCUT2D eigenvalue weighted by Crippen LogP contribution is 2.26. The maximum Gasteiger partial charge on any atom is 0.276 e. The zero-order valence-corrected chi connectivity index (χ0v) is 11.0. The minimum absolute atomic E-state index is 0.272. The molecular weight excluding hydrogens is 256 g/mol. The molecule has 0 aliphatic heterocycles. The van der Waals surface area contributed by atoms with Crippen LogP contribution < -0.4 is 0 Å². The number of hydrogen-bond donors (Lipinski definition) is 1. The average Bonchev–Trinajstić information content (AvgIpc) is 2.99. The van der Waals surface area contributed by atoms with E-state index in [2.05, 4.69) is 10.2 Å². The first kappa shape index (κ1) is 12.6. The Morgan fingerprint density at radius 1 is 1.29 bits per heavy atom. The van der Waals surface area contributed by atoms with Crippen molar-refractivity contribution < 1.29 is 9.52 Å². The molecule has 1 N–H and O–H groups in total. The fraction of sp³-hybridized carbons (Fsp3) is 0.455. The molecule has 2 heterocycles. The third-order valence-corrected chi connectivity index (χ3v) is 3.93. The molecule has 0 saturated heterocycles. The Morgan fingerprint density at radius 2 is 2.24 bits per heavy atom. The zero-order chi connectivity index (χ0) is 11.9. The van der Waals surface area contributed by atoms with E-state index in [9.17, 15) is 0 Å². The number of aliphatic hydroxyl groups excluding tert-OH is 1. The minimum Gasteiger partial charge on any atom is -0.410 e. The van der Waals surface area contributed by atoms with E-state index in [1.54, 1.807) is 23.1 Å². The highest BCUT2D eigenvalue weighted by Gasteiger charge is 2.09. The summed E-state index contributed by atoms with van der Waals surface area (Å²) in [4.78, 5) is 1.00. The van der Waals surface area contributed by atoms with Crippen molar-refractivity contribution in [1.82, 2.24) is 10.2 Å². The summed E-state index contributed by atoms with van der Waals surface area (Å²) in [6, 6.07) is 3.93. The summed E-state index contributed by atoms with van der Waals surface area (Å²) in [6.45, 7) is 0.272. The van der Waals surface area contributed by atoms with Gasteiger partial charge in [-0.25, -0.2) is 0 Å². The van der Waals surface area contributed by atoms with Gasteiger partial charge in [0.2, 0.25) is 0 Å². The van der Waals surface area contributed by atoms with Gasteiger partial charge in [0.1, 0.15) is 0 Å². The fourth-order valence-corrected chi connectivity index (χ4v) is 2.72. The monoisotopic (exact) mass is 270 g/mol. The van der Waals surface area contributed by atoms with Gasteiger partial charge < -0.3 is 9.52 Å². The fourth-order valence-electron chi connectivity index (χ4n) is 1.32. The van der Waals surface area contributed by atoms with Gasteiger partial charge in [-0.2, -0.15) is 0 Å². The van der Waals surface area contributed by atoms with E-state index >= 15 is 0 Å².